The van der Waals surface area contributed by atoms with Gasteiger partial charge in [-0.05, 0) is 24.7 Å². The maximum absolute atomic E-state index is 12.0. The maximum Gasteiger partial charge on any atom is 0.272 e. The van der Waals surface area contributed by atoms with Crippen LogP contribution < -0.4 is 5.32 Å². The Labute approximate surface area is 134 Å². The molecule has 1 atom stereocenters. The fourth-order valence-electron chi connectivity index (χ4n) is 2.27. The molecule has 0 aromatic carbocycles. The molecule has 0 saturated heterocycles. The molecule has 1 heterocycles. The van der Waals surface area contributed by atoms with Gasteiger partial charge in [0.15, 0.2) is 9.34 Å². The first kappa shape index (κ1) is 18.4. The van der Waals surface area contributed by atoms with Crippen LogP contribution in [0.2, 0.25) is 0 Å². The molecule has 0 spiro atoms. The van der Waals surface area contributed by atoms with Crippen LogP contribution in [0.4, 0.5) is 5.13 Å². The summed E-state index contributed by atoms with van der Waals surface area (Å²) in [6, 6.07) is 0. The van der Waals surface area contributed by atoms with Crippen molar-refractivity contribution in [3.8, 4) is 0 Å². The average Bonchev–Trinajstić information content (AvgIpc) is 2.54. The minimum absolute atomic E-state index is 0.0257. The van der Waals surface area contributed by atoms with Crippen molar-refractivity contribution >= 4 is 42.1 Å². The zero-order valence-corrected chi connectivity index (χ0v) is 15.2. The van der Waals surface area contributed by atoms with Gasteiger partial charge in [-0.15, -0.1) is 0 Å². The number of aromatic nitrogens is 1. The van der Waals surface area contributed by atoms with Gasteiger partial charge in [0.2, 0.25) is 5.91 Å². The number of aryl methyl sites for hydroxylation is 1. The zero-order chi connectivity index (χ0) is 16.4. The van der Waals surface area contributed by atoms with Gasteiger partial charge in [-0.1, -0.05) is 39.0 Å². The first-order chi connectivity index (χ1) is 9.38. The van der Waals surface area contributed by atoms with Crippen molar-refractivity contribution < 1.29 is 13.2 Å². The number of carbonyl (C=O) groups is 1. The van der Waals surface area contributed by atoms with E-state index in [1.165, 1.54) is 0 Å². The van der Waals surface area contributed by atoms with E-state index in [-0.39, 0.29) is 26.6 Å². The molecule has 1 aromatic rings. The molecule has 8 heteroatoms. The van der Waals surface area contributed by atoms with Crippen molar-refractivity contribution in [3.63, 3.8) is 0 Å². The second-order valence-corrected chi connectivity index (χ2v) is 10.2. The molecule has 5 nitrogen and oxygen atoms in total. The van der Waals surface area contributed by atoms with Gasteiger partial charge in [-0.25, -0.2) is 13.4 Å². The number of rotatable bonds is 5. The molecule has 0 radical (unpaired) electrons. The van der Waals surface area contributed by atoms with Gasteiger partial charge in [0.1, 0.15) is 0 Å². The van der Waals surface area contributed by atoms with E-state index in [2.05, 4.69) is 31.1 Å². The van der Waals surface area contributed by atoms with Gasteiger partial charge in [0.25, 0.3) is 9.05 Å². The van der Waals surface area contributed by atoms with E-state index in [9.17, 15) is 13.2 Å². The van der Waals surface area contributed by atoms with E-state index >= 15 is 0 Å². The Kier molecular flexibility index (Phi) is 5.80. The van der Waals surface area contributed by atoms with Crippen LogP contribution in [0, 0.1) is 18.3 Å². The Morgan fingerprint density at radius 3 is 2.43 bits per heavy atom. The highest BCUT2D eigenvalue weighted by molar-refractivity contribution is 8.15. The summed E-state index contributed by atoms with van der Waals surface area (Å²) >= 11 is 0.872. The number of nitrogens with one attached hydrogen (secondary N) is 1. The van der Waals surface area contributed by atoms with E-state index < -0.39 is 9.05 Å². The largest absolute Gasteiger partial charge is 0.302 e. The Balaban J connectivity index is 2.68. The molecule has 0 saturated carbocycles. The predicted octanol–water partition coefficient (Wildman–Crippen LogP) is 3.78. The highest BCUT2D eigenvalue weighted by Gasteiger charge is 2.21. The zero-order valence-electron chi connectivity index (χ0n) is 12.9. The molecule has 0 aliphatic rings. The Morgan fingerprint density at radius 2 is 2.00 bits per heavy atom. The topological polar surface area (TPSA) is 76.1 Å². The normalized spacial score (nSPS) is 14.0. The Bertz CT molecular complexity index is 618. The SMILES string of the molecule is Cc1nc(NC(=O)CC(C)CC(C)(C)C)sc1S(=O)(=O)Cl. The van der Waals surface area contributed by atoms with Crippen molar-refractivity contribution in [2.24, 2.45) is 11.3 Å². The lowest BCUT2D eigenvalue weighted by Gasteiger charge is -2.22. The van der Waals surface area contributed by atoms with Gasteiger partial charge < -0.3 is 5.32 Å². The standard InChI is InChI=1S/C13H21ClN2O3S2/c1-8(7-13(3,4)5)6-10(17)16-12-15-9(2)11(20-12)21(14,18)19/h8H,6-7H2,1-5H3,(H,15,16,17). The molecular formula is C13H21ClN2O3S2. The summed E-state index contributed by atoms with van der Waals surface area (Å²) in [5, 5.41) is 2.90. The lowest BCUT2D eigenvalue weighted by molar-refractivity contribution is -0.117. The predicted molar refractivity (Wildman–Crippen MR) is 86.4 cm³/mol. The number of hydrogen-bond donors (Lipinski definition) is 1. The summed E-state index contributed by atoms with van der Waals surface area (Å²) in [5.41, 5.74) is 0.463. The first-order valence-corrected chi connectivity index (χ1v) is 9.73. The fraction of sp³-hybridized carbons (Fsp3) is 0.692. The molecule has 0 fully saturated rings. The summed E-state index contributed by atoms with van der Waals surface area (Å²) in [6.45, 7) is 9.95. The molecule has 0 aliphatic heterocycles. The van der Waals surface area contributed by atoms with Crippen LogP contribution in [0.3, 0.4) is 0 Å². The quantitative estimate of drug-likeness (QED) is 0.818. The minimum atomic E-state index is -3.82. The molecule has 21 heavy (non-hydrogen) atoms. The van der Waals surface area contributed by atoms with Crippen molar-refractivity contribution in [3.05, 3.63) is 5.69 Å². The second-order valence-electron chi connectivity index (χ2n) is 6.45. The molecule has 1 rings (SSSR count). The van der Waals surface area contributed by atoms with Crippen LogP contribution in [0.1, 0.15) is 46.2 Å². The van der Waals surface area contributed by atoms with Gasteiger partial charge >= 0.3 is 0 Å². The molecule has 0 bridgehead atoms. The second kappa shape index (κ2) is 6.62. The third-order valence-electron chi connectivity index (χ3n) is 2.72. The van der Waals surface area contributed by atoms with Crippen molar-refractivity contribution in [1.29, 1.82) is 0 Å². The molecule has 1 aromatic heterocycles. The number of halogens is 1. The first-order valence-electron chi connectivity index (χ1n) is 6.60. The smallest absolute Gasteiger partial charge is 0.272 e. The lowest BCUT2D eigenvalue weighted by Crippen LogP contribution is -2.18. The summed E-state index contributed by atoms with van der Waals surface area (Å²) in [5.74, 6) is 0.0707. The van der Waals surface area contributed by atoms with Gasteiger partial charge in [0.05, 0.1) is 5.69 Å². The third-order valence-corrected chi connectivity index (χ3v) is 5.97. The summed E-state index contributed by atoms with van der Waals surface area (Å²) in [6.07, 6.45) is 1.30. The Hall–Kier alpha value is -0.660. The van der Waals surface area contributed by atoms with E-state index in [1.54, 1.807) is 6.92 Å². The van der Waals surface area contributed by atoms with Crippen LogP contribution in [-0.4, -0.2) is 19.3 Å². The molecule has 1 N–H and O–H groups in total. The highest BCUT2D eigenvalue weighted by Crippen LogP contribution is 2.30. The minimum Gasteiger partial charge on any atom is -0.302 e. The van der Waals surface area contributed by atoms with Gasteiger partial charge in [-0.2, -0.15) is 0 Å². The Morgan fingerprint density at radius 1 is 1.43 bits per heavy atom. The van der Waals surface area contributed by atoms with Crippen LogP contribution in [0.5, 0.6) is 0 Å². The van der Waals surface area contributed by atoms with Crippen molar-refractivity contribution in [1.82, 2.24) is 4.98 Å². The summed E-state index contributed by atoms with van der Waals surface area (Å²) in [7, 11) is 1.48. The van der Waals surface area contributed by atoms with E-state index in [1.807, 2.05) is 6.92 Å². The average molecular weight is 353 g/mol. The third kappa shape index (κ3) is 6.32. The van der Waals surface area contributed by atoms with Crippen LogP contribution in [-0.2, 0) is 13.8 Å². The molecule has 1 amide bonds. The van der Waals surface area contributed by atoms with Gasteiger partial charge in [0, 0.05) is 17.1 Å². The summed E-state index contributed by atoms with van der Waals surface area (Å²) in [4.78, 5) is 16.0. The highest BCUT2D eigenvalue weighted by atomic mass is 35.7. The molecular weight excluding hydrogens is 332 g/mol. The lowest BCUT2D eigenvalue weighted by atomic mass is 9.84. The van der Waals surface area contributed by atoms with E-state index in [4.69, 9.17) is 10.7 Å². The van der Waals surface area contributed by atoms with Crippen molar-refractivity contribution in [2.45, 2.75) is 51.7 Å². The van der Waals surface area contributed by atoms with E-state index in [0.29, 0.717) is 12.1 Å². The number of hydrogen-bond acceptors (Lipinski definition) is 5. The van der Waals surface area contributed by atoms with Crippen molar-refractivity contribution in [2.75, 3.05) is 5.32 Å². The number of carbonyl (C=O) groups excluding carboxylic acids is 1. The van der Waals surface area contributed by atoms with Crippen LogP contribution in [0.25, 0.3) is 0 Å². The number of nitrogens with zero attached hydrogens (tertiary/aromatic N) is 1. The van der Waals surface area contributed by atoms with E-state index in [0.717, 1.165) is 17.8 Å². The maximum atomic E-state index is 12.0. The number of amides is 1. The van der Waals surface area contributed by atoms with Gasteiger partial charge in [-0.3, -0.25) is 4.79 Å². The summed E-state index contributed by atoms with van der Waals surface area (Å²) < 4.78 is 22.6. The molecule has 0 aliphatic carbocycles. The number of thiazole rings is 1. The van der Waals surface area contributed by atoms with Crippen LogP contribution >= 0.6 is 22.0 Å². The number of anilines is 1. The monoisotopic (exact) mass is 352 g/mol. The molecule has 120 valence electrons. The molecule has 1 unspecified atom stereocenters. The van der Waals surface area contributed by atoms with Crippen LogP contribution in [0.15, 0.2) is 4.21 Å². The fourth-order valence-corrected chi connectivity index (χ4v) is 4.63.